The van der Waals surface area contributed by atoms with Crippen LogP contribution >= 0.6 is 11.6 Å². The number of carbonyl (C=O) groups excluding carboxylic acids is 1. The maximum Gasteiger partial charge on any atom is 0.246 e. The fourth-order valence-electron chi connectivity index (χ4n) is 3.18. The maximum atomic E-state index is 12.5. The zero-order chi connectivity index (χ0) is 20.2. The maximum absolute atomic E-state index is 12.5. The number of halogens is 1. The predicted octanol–water partition coefficient (Wildman–Crippen LogP) is 2.99. The van der Waals surface area contributed by atoms with Crippen molar-refractivity contribution in [2.75, 3.05) is 31.1 Å². The Hall–Kier alpha value is -3.19. The number of aryl methyl sites for hydroxylation is 1. The monoisotopic (exact) mass is 408 g/mol. The standard InChI is InChI=1S/C21H21ClN6O/c1-16-8-9-28(25-16)20-14-19(23-15-24-20)26-10-12-27(13-11-26)21(29)7-4-17-2-5-18(22)6-3-17/h2-9,14-15H,10-13H2,1H3/b7-4+. The van der Waals surface area contributed by atoms with E-state index in [1.807, 2.05) is 60.5 Å². The Bertz CT molecular complexity index is 1020. The third kappa shape index (κ3) is 4.63. The second kappa shape index (κ2) is 8.45. The van der Waals surface area contributed by atoms with Crippen LogP contribution in [0.15, 0.2) is 55.0 Å². The first-order valence-corrected chi connectivity index (χ1v) is 9.78. The van der Waals surface area contributed by atoms with Crippen molar-refractivity contribution in [1.29, 1.82) is 0 Å². The van der Waals surface area contributed by atoms with Crippen LogP contribution in [-0.2, 0) is 4.79 Å². The molecule has 0 N–H and O–H groups in total. The van der Waals surface area contributed by atoms with Gasteiger partial charge in [0.15, 0.2) is 5.82 Å². The lowest BCUT2D eigenvalue weighted by Gasteiger charge is -2.34. The summed E-state index contributed by atoms with van der Waals surface area (Å²) in [5.74, 6) is 1.58. The van der Waals surface area contributed by atoms with Crippen LogP contribution in [0, 0.1) is 6.92 Å². The zero-order valence-corrected chi connectivity index (χ0v) is 16.8. The fraction of sp³-hybridized carbons (Fsp3) is 0.238. The van der Waals surface area contributed by atoms with E-state index >= 15 is 0 Å². The number of hydrogen-bond donors (Lipinski definition) is 0. The highest BCUT2D eigenvalue weighted by Gasteiger charge is 2.21. The van der Waals surface area contributed by atoms with E-state index in [0.717, 1.165) is 36.0 Å². The molecule has 2 aromatic heterocycles. The zero-order valence-electron chi connectivity index (χ0n) is 16.1. The first kappa shape index (κ1) is 19.1. The van der Waals surface area contributed by atoms with Crippen LogP contribution < -0.4 is 4.90 Å². The summed E-state index contributed by atoms with van der Waals surface area (Å²) in [6.07, 6.45) is 6.86. The molecule has 148 valence electrons. The van der Waals surface area contributed by atoms with Crippen molar-refractivity contribution in [3.8, 4) is 5.82 Å². The summed E-state index contributed by atoms with van der Waals surface area (Å²) in [5.41, 5.74) is 1.88. The van der Waals surface area contributed by atoms with Gasteiger partial charge in [-0.15, -0.1) is 0 Å². The molecule has 1 aromatic carbocycles. The largest absolute Gasteiger partial charge is 0.353 e. The van der Waals surface area contributed by atoms with Gasteiger partial charge in [-0.3, -0.25) is 4.79 Å². The number of amides is 1. The molecule has 0 radical (unpaired) electrons. The Morgan fingerprint density at radius 1 is 1.03 bits per heavy atom. The number of aromatic nitrogens is 4. The Kier molecular flexibility index (Phi) is 5.57. The molecule has 0 saturated carbocycles. The van der Waals surface area contributed by atoms with Gasteiger partial charge in [-0.2, -0.15) is 5.10 Å². The summed E-state index contributed by atoms with van der Waals surface area (Å²) >= 11 is 5.89. The quantitative estimate of drug-likeness (QED) is 0.621. The molecule has 1 saturated heterocycles. The Balaban J connectivity index is 1.37. The normalized spacial score (nSPS) is 14.6. The van der Waals surface area contributed by atoms with Gasteiger partial charge in [-0.25, -0.2) is 14.6 Å². The third-order valence-corrected chi connectivity index (χ3v) is 5.05. The first-order chi connectivity index (χ1) is 14.1. The number of piperazine rings is 1. The average molecular weight is 409 g/mol. The Labute approximate surface area is 174 Å². The van der Waals surface area contributed by atoms with E-state index < -0.39 is 0 Å². The molecule has 29 heavy (non-hydrogen) atoms. The number of hydrogen-bond acceptors (Lipinski definition) is 5. The van der Waals surface area contributed by atoms with Crippen LogP contribution in [0.25, 0.3) is 11.9 Å². The smallest absolute Gasteiger partial charge is 0.246 e. The van der Waals surface area contributed by atoms with Gasteiger partial charge >= 0.3 is 0 Å². The summed E-state index contributed by atoms with van der Waals surface area (Å²) in [6, 6.07) is 11.2. The molecule has 0 aliphatic carbocycles. The van der Waals surface area contributed by atoms with Crippen LogP contribution in [0.3, 0.4) is 0 Å². The summed E-state index contributed by atoms with van der Waals surface area (Å²) in [7, 11) is 0. The molecule has 3 aromatic rings. The van der Waals surface area contributed by atoms with Gasteiger partial charge < -0.3 is 9.80 Å². The van der Waals surface area contributed by atoms with E-state index in [1.54, 1.807) is 17.1 Å². The van der Waals surface area contributed by atoms with E-state index in [-0.39, 0.29) is 5.91 Å². The lowest BCUT2D eigenvalue weighted by Crippen LogP contribution is -2.48. The fourth-order valence-corrected chi connectivity index (χ4v) is 3.31. The molecule has 1 fully saturated rings. The van der Waals surface area contributed by atoms with E-state index in [0.29, 0.717) is 18.1 Å². The van der Waals surface area contributed by atoms with Crippen molar-refractivity contribution in [3.05, 3.63) is 71.3 Å². The lowest BCUT2D eigenvalue weighted by molar-refractivity contribution is -0.126. The second-order valence-corrected chi connectivity index (χ2v) is 7.27. The highest BCUT2D eigenvalue weighted by molar-refractivity contribution is 6.30. The van der Waals surface area contributed by atoms with Crippen molar-refractivity contribution in [3.63, 3.8) is 0 Å². The van der Waals surface area contributed by atoms with Crippen molar-refractivity contribution in [2.45, 2.75) is 6.92 Å². The van der Waals surface area contributed by atoms with E-state index in [9.17, 15) is 4.79 Å². The Morgan fingerprint density at radius 2 is 1.76 bits per heavy atom. The minimum atomic E-state index is 0.00925. The minimum Gasteiger partial charge on any atom is -0.353 e. The summed E-state index contributed by atoms with van der Waals surface area (Å²) in [6.45, 7) is 4.66. The molecule has 3 heterocycles. The van der Waals surface area contributed by atoms with Crippen LogP contribution in [-0.4, -0.2) is 56.7 Å². The van der Waals surface area contributed by atoms with Gasteiger partial charge in [0.1, 0.15) is 12.1 Å². The van der Waals surface area contributed by atoms with Gasteiger partial charge in [-0.1, -0.05) is 23.7 Å². The van der Waals surface area contributed by atoms with Crippen molar-refractivity contribution in [1.82, 2.24) is 24.6 Å². The number of carbonyl (C=O) groups is 1. The molecule has 7 nitrogen and oxygen atoms in total. The average Bonchev–Trinajstić information content (AvgIpc) is 3.20. The third-order valence-electron chi connectivity index (χ3n) is 4.80. The first-order valence-electron chi connectivity index (χ1n) is 9.41. The number of benzene rings is 1. The van der Waals surface area contributed by atoms with Gasteiger partial charge in [-0.05, 0) is 36.8 Å². The van der Waals surface area contributed by atoms with Gasteiger partial charge in [0.2, 0.25) is 5.91 Å². The molecule has 0 atom stereocenters. The minimum absolute atomic E-state index is 0.00925. The molecule has 0 bridgehead atoms. The highest BCUT2D eigenvalue weighted by Crippen LogP contribution is 2.16. The molecule has 1 amide bonds. The van der Waals surface area contributed by atoms with Crippen molar-refractivity contribution < 1.29 is 4.79 Å². The van der Waals surface area contributed by atoms with E-state index in [1.165, 1.54) is 0 Å². The SMILES string of the molecule is Cc1ccn(-c2cc(N3CCN(C(=O)/C=C/c4ccc(Cl)cc4)CC3)ncn2)n1. The second-order valence-electron chi connectivity index (χ2n) is 6.83. The van der Waals surface area contributed by atoms with E-state index in [2.05, 4.69) is 20.0 Å². The molecule has 8 heteroatoms. The summed E-state index contributed by atoms with van der Waals surface area (Å²) in [5, 5.41) is 5.07. The summed E-state index contributed by atoms with van der Waals surface area (Å²) < 4.78 is 1.74. The lowest BCUT2D eigenvalue weighted by atomic mass is 10.2. The van der Waals surface area contributed by atoms with Gasteiger partial charge in [0, 0.05) is 49.5 Å². The number of nitrogens with zero attached hydrogens (tertiary/aromatic N) is 6. The molecule has 0 spiro atoms. The van der Waals surface area contributed by atoms with Crippen LogP contribution in [0.5, 0.6) is 0 Å². The van der Waals surface area contributed by atoms with Crippen molar-refractivity contribution in [2.24, 2.45) is 0 Å². The van der Waals surface area contributed by atoms with Crippen LogP contribution in [0.1, 0.15) is 11.3 Å². The molecule has 0 unspecified atom stereocenters. The topological polar surface area (TPSA) is 67.2 Å². The molecule has 1 aliphatic heterocycles. The predicted molar refractivity (Wildman–Crippen MR) is 113 cm³/mol. The molecule has 1 aliphatic rings. The summed E-state index contributed by atoms with van der Waals surface area (Å²) in [4.78, 5) is 25.2. The highest BCUT2D eigenvalue weighted by atomic mass is 35.5. The molecular formula is C21H21ClN6O. The Morgan fingerprint density at radius 3 is 2.45 bits per heavy atom. The van der Waals surface area contributed by atoms with E-state index in [4.69, 9.17) is 11.6 Å². The van der Waals surface area contributed by atoms with Crippen molar-refractivity contribution >= 4 is 29.4 Å². The van der Waals surface area contributed by atoms with Crippen LogP contribution in [0.4, 0.5) is 5.82 Å². The molecule has 4 rings (SSSR count). The van der Waals surface area contributed by atoms with Crippen LogP contribution in [0.2, 0.25) is 5.02 Å². The molecular weight excluding hydrogens is 388 g/mol. The van der Waals surface area contributed by atoms with Gasteiger partial charge in [0.25, 0.3) is 0 Å². The number of rotatable bonds is 4. The number of anilines is 1. The van der Waals surface area contributed by atoms with Gasteiger partial charge in [0.05, 0.1) is 5.69 Å².